The first kappa shape index (κ1) is 14.9. The lowest BCUT2D eigenvalue weighted by Crippen LogP contribution is -2.43. The van der Waals surface area contributed by atoms with E-state index in [0.29, 0.717) is 5.92 Å². The summed E-state index contributed by atoms with van der Waals surface area (Å²) in [5.41, 5.74) is -0.426. The summed E-state index contributed by atoms with van der Waals surface area (Å²) < 4.78 is 7.61. The molecule has 0 bridgehead atoms. The zero-order chi connectivity index (χ0) is 14.8. The molecule has 1 aromatic rings. The largest absolute Gasteiger partial charge is 0.444 e. The number of carbonyl (C=O) groups is 1. The van der Waals surface area contributed by atoms with E-state index in [2.05, 4.69) is 9.55 Å². The smallest absolute Gasteiger partial charge is 0.410 e. The summed E-state index contributed by atoms with van der Waals surface area (Å²) in [6.45, 7) is 10.2. The van der Waals surface area contributed by atoms with Crippen LogP contribution in [0.4, 0.5) is 4.79 Å². The van der Waals surface area contributed by atoms with Gasteiger partial charge in [0, 0.05) is 32.0 Å². The lowest BCUT2D eigenvalue weighted by molar-refractivity contribution is 0.0157. The normalized spacial score (nSPS) is 20.0. The number of aromatic nitrogens is 2. The number of rotatable bonds is 2. The van der Waals surface area contributed by atoms with Gasteiger partial charge in [0.15, 0.2) is 0 Å². The minimum Gasteiger partial charge on any atom is -0.444 e. The van der Waals surface area contributed by atoms with Crippen molar-refractivity contribution in [2.45, 2.75) is 52.7 Å². The highest BCUT2D eigenvalue weighted by molar-refractivity contribution is 5.68. The van der Waals surface area contributed by atoms with Crippen molar-refractivity contribution in [3.63, 3.8) is 0 Å². The van der Waals surface area contributed by atoms with Crippen LogP contribution in [0, 0.1) is 12.8 Å². The van der Waals surface area contributed by atoms with Crippen molar-refractivity contribution in [2.75, 3.05) is 13.1 Å². The molecule has 2 rings (SSSR count). The molecule has 0 aliphatic carbocycles. The molecule has 0 spiro atoms. The number of imidazole rings is 1. The van der Waals surface area contributed by atoms with Gasteiger partial charge in [-0.1, -0.05) is 0 Å². The minimum atomic E-state index is -0.426. The number of aryl methyl sites for hydroxylation is 1. The SMILES string of the molecule is Cc1nccn1CC1CCCN(C(=O)OC(C)(C)C)C1. The first-order valence-corrected chi connectivity index (χ1v) is 7.31. The molecular formula is C15H25N3O2. The molecule has 2 heterocycles. The van der Waals surface area contributed by atoms with E-state index >= 15 is 0 Å². The Balaban J connectivity index is 1.92. The molecule has 5 heteroatoms. The van der Waals surface area contributed by atoms with Gasteiger partial charge in [0.2, 0.25) is 0 Å². The Bertz CT molecular complexity index is 462. The maximum atomic E-state index is 12.1. The Morgan fingerprint density at radius 2 is 2.25 bits per heavy atom. The molecule has 1 unspecified atom stereocenters. The lowest BCUT2D eigenvalue weighted by atomic mass is 9.98. The number of hydrogen-bond donors (Lipinski definition) is 0. The molecule has 1 atom stereocenters. The average molecular weight is 279 g/mol. The van der Waals surface area contributed by atoms with Crippen molar-refractivity contribution < 1.29 is 9.53 Å². The molecule has 1 amide bonds. The van der Waals surface area contributed by atoms with Gasteiger partial charge in [0.25, 0.3) is 0 Å². The van der Waals surface area contributed by atoms with E-state index in [1.54, 1.807) is 0 Å². The van der Waals surface area contributed by atoms with Crippen LogP contribution in [-0.2, 0) is 11.3 Å². The first-order valence-electron chi connectivity index (χ1n) is 7.31. The fourth-order valence-corrected chi connectivity index (χ4v) is 2.58. The highest BCUT2D eigenvalue weighted by Crippen LogP contribution is 2.21. The average Bonchev–Trinajstić information content (AvgIpc) is 2.73. The molecule has 5 nitrogen and oxygen atoms in total. The fraction of sp³-hybridized carbons (Fsp3) is 0.733. The predicted octanol–water partition coefficient (Wildman–Crippen LogP) is 2.84. The molecule has 1 aliphatic heterocycles. The van der Waals surface area contributed by atoms with E-state index < -0.39 is 5.60 Å². The number of ether oxygens (including phenoxy) is 1. The molecular weight excluding hydrogens is 254 g/mol. The van der Waals surface area contributed by atoms with Crippen molar-refractivity contribution in [3.05, 3.63) is 18.2 Å². The molecule has 0 saturated carbocycles. The van der Waals surface area contributed by atoms with Crippen LogP contribution in [-0.4, -0.2) is 39.2 Å². The van der Waals surface area contributed by atoms with Crippen LogP contribution in [0.2, 0.25) is 0 Å². The summed E-state index contributed by atoms with van der Waals surface area (Å²) in [6.07, 6.45) is 5.82. The Labute approximate surface area is 120 Å². The van der Waals surface area contributed by atoms with E-state index in [1.807, 2.05) is 45.0 Å². The maximum absolute atomic E-state index is 12.1. The van der Waals surface area contributed by atoms with Crippen LogP contribution in [0.1, 0.15) is 39.4 Å². The summed E-state index contributed by atoms with van der Waals surface area (Å²) in [7, 11) is 0. The van der Waals surface area contributed by atoms with Crippen molar-refractivity contribution in [2.24, 2.45) is 5.92 Å². The third-order valence-corrected chi connectivity index (χ3v) is 3.55. The van der Waals surface area contributed by atoms with Gasteiger partial charge in [-0.05, 0) is 46.5 Å². The minimum absolute atomic E-state index is 0.190. The van der Waals surface area contributed by atoms with Crippen LogP contribution in [0.15, 0.2) is 12.4 Å². The second-order valence-electron chi connectivity index (χ2n) is 6.56. The van der Waals surface area contributed by atoms with E-state index in [-0.39, 0.29) is 6.09 Å². The van der Waals surface area contributed by atoms with E-state index in [0.717, 1.165) is 38.3 Å². The zero-order valence-corrected chi connectivity index (χ0v) is 12.9. The van der Waals surface area contributed by atoms with Gasteiger partial charge in [-0.15, -0.1) is 0 Å². The number of nitrogens with zero attached hydrogens (tertiary/aromatic N) is 3. The Morgan fingerprint density at radius 1 is 1.50 bits per heavy atom. The molecule has 0 radical (unpaired) electrons. The molecule has 1 aliphatic rings. The molecule has 20 heavy (non-hydrogen) atoms. The van der Waals surface area contributed by atoms with Crippen LogP contribution in [0.5, 0.6) is 0 Å². The summed E-state index contributed by atoms with van der Waals surface area (Å²) in [4.78, 5) is 18.2. The van der Waals surface area contributed by atoms with Gasteiger partial charge in [0.05, 0.1) is 0 Å². The highest BCUT2D eigenvalue weighted by atomic mass is 16.6. The van der Waals surface area contributed by atoms with Crippen LogP contribution in [0.25, 0.3) is 0 Å². The first-order chi connectivity index (χ1) is 9.35. The van der Waals surface area contributed by atoms with Gasteiger partial charge in [0.1, 0.15) is 11.4 Å². The predicted molar refractivity (Wildman–Crippen MR) is 77.5 cm³/mol. The summed E-state index contributed by atoms with van der Waals surface area (Å²) >= 11 is 0. The van der Waals surface area contributed by atoms with Gasteiger partial charge in [-0.2, -0.15) is 0 Å². The molecule has 0 N–H and O–H groups in total. The second-order valence-corrected chi connectivity index (χ2v) is 6.56. The summed E-state index contributed by atoms with van der Waals surface area (Å²) in [6, 6.07) is 0. The topological polar surface area (TPSA) is 47.4 Å². The number of carbonyl (C=O) groups excluding carboxylic acids is 1. The van der Waals surface area contributed by atoms with Crippen molar-refractivity contribution in [1.29, 1.82) is 0 Å². The molecule has 0 aromatic carbocycles. The lowest BCUT2D eigenvalue weighted by Gasteiger charge is -2.34. The van der Waals surface area contributed by atoms with Crippen molar-refractivity contribution in [3.8, 4) is 0 Å². The number of hydrogen-bond acceptors (Lipinski definition) is 3. The van der Waals surface area contributed by atoms with Crippen LogP contribution >= 0.6 is 0 Å². The Morgan fingerprint density at radius 3 is 2.85 bits per heavy atom. The third-order valence-electron chi connectivity index (χ3n) is 3.55. The van der Waals surface area contributed by atoms with Gasteiger partial charge in [-0.25, -0.2) is 9.78 Å². The molecule has 1 fully saturated rings. The standard InChI is InChI=1S/C15H25N3O2/c1-12-16-7-9-17(12)10-13-6-5-8-18(11-13)14(19)20-15(2,3)4/h7,9,13H,5-6,8,10-11H2,1-4H3. The van der Waals surface area contributed by atoms with Gasteiger partial charge >= 0.3 is 6.09 Å². The van der Waals surface area contributed by atoms with Crippen molar-refractivity contribution >= 4 is 6.09 Å². The highest BCUT2D eigenvalue weighted by Gasteiger charge is 2.27. The van der Waals surface area contributed by atoms with Crippen LogP contribution < -0.4 is 0 Å². The van der Waals surface area contributed by atoms with E-state index in [9.17, 15) is 4.79 Å². The van der Waals surface area contributed by atoms with Crippen molar-refractivity contribution in [1.82, 2.24) is 14.5 Å². The summed E-state index contributed by atoms with van der Waals surface area (Å²) in [5.74, 6) is 1.50. The van der Waals surface area contributed by atoms with Crippen LogP contribution in [0.3, 0.4) is 0 Å². The van der Waals surface area contributed by atoms with Gasteiger partial charge in [-0.3, -0.25) is 0 Å². The number of piperidine rings is 1. The Hall–Kier alpha value is -1.52. The van der Waals surface area contributed by atoms with Gasteiger partial charge < -0.3 is 14.2 Å². The molecule has 1 saturated heterocycles. The number of amides is 1. The third kappa shape index (κ3) is 3.99. The molecule has 112 valence electrons. The maximum Gasteiger partial charge on any atom is 0.410 e. The second kappa shape index (κ2) is 5.85. The number of likely N-dealkylation sites (tertiary alicyclic amines) is 1. The monoisotopic (exact) mass is 279 g/mol. The van der Waals surface area contributed by atoms with E-state index in [1.165, 1.54) is 0 Å². The quantitative estimate of drug-likeness (QED) is 0.836. The Kier molecular flexibility index (Phi) is 4.35. The summed E-state index contributed by atoms with van der Waals surface area (Å²) in [5, 5.41) is 0. The van der Waals surface area contributed by atoms with E-state index in [4.69, 9.17) is 4.74 Å². The fourth-order valence-electron chi connectivity index (χ4n) is 2.58. The molecule has 1 aromatic heterocycles. The zero-order valence-electron chi connectivity index (χ0n) is 12.9.